The first kappa shape index (κ1) is 19.0. The normalized spacial score (nSPS) is 11.1. The van der Waals surface area contributed by atoms with Gasteiger partial charge >= 0.3 is 0 Å². The van der Waals surface area contributed by atoms with Gasteiger partial charge in [0.25, 0.3) is 5.91 Å². The molecule has 5 nitrogen and oxygen atoms in total. The zero-order chi connectivity index (χ0) is 20.1. The molecule has 5 heteroatoms. The molecule has 0 spiro atoms. The predicted molar refractivity (Wildman–Crippen MR) is 112 cm³/mol. The standard InChI is InChI=1S/C23H21N3O2/c1-3-26(18-8-4-7-16(2)13-18)15-17(14-24)23(28)25-21-11-5-10-20-19(21)9-6-12-22(20)27/h4-13,15,27H,3H2,1-2H3,(H,25,28)/b17-15-. The van der Waals surface area contributed by atoms with Gasteiger partial charge in [-0.05, 0) is 43.7 Å². The Morgan fingerprint density at radius 2 is 1.86 bits per heavy atom. The van der Waals surface area contributed by atoms with Crippen LogP contribution in [0.15, 0.2) is 72.4 Å². The SMILES string of the molecule is CCN(/C=C(/C#N)C(=O)Nc1cccc2c(O)cccc12)c1cccc(C)c1. The molecule has 0 radical (unpaired) electrons. The molecular formula is C23H21N3O2. The summed E-state index contributed by atoms with van der Waals surface area (Å²) in [6, 6.07) is 20.2. The summed E-state index contributed by atoms with van der Waals surface area (Å²) >= 11 is 0. The highest BCUT2D eigenvalue weighted by Gasteiger charge is 2.14. The van der Waals surface area contributed by atoms with Crippen LogP contribution in [-0.4, -0.2) is 17.6 Å². The molecule has 0 saturated heterocycles. The molecular weight excluding hydrogens is 350 g/mol. The van der Waals surface area contributed by atoms with Gasteiger partial charge in [-0.2, -0.15) is 5.26 Å². The third kappa shape index (κ3) is 3.97. The van der Waals surface area contributed by atoms with E-state index in [0.717, 1.165) is 11.3 Å². The Morgan fingerprint density at radius 1 is 1.14 bits per heavy atom. The molecule has 3 rings (SSSR count). The molecule has 0 aliphatic rings. The Morgan fingerprint density at radius 3 is 2.57 bits per heavy atom. The minimum Gasteiger partial charge on any atom is -0.507 e. The first-order valence-corrected chi connectivity index (χ1v) is 9.00. The number of aromatic hydroxyl groups is 1. The van der Waals surface area contributed by atoms with Crippen molar-refractivity contribution in [3.05, 3.63) is 78.0 Å². The van der Waals surface area contributed by atoms with Crippen molar-refractivity contribution in [2.45, 2.75) is 13.8 Å². The number of nitrogens with one attached hydrogen (secondary N) is 1. The number of hydrogen-bond donors (Lipinski definition) is 2. The monoisotopic (exact) mass is 371 g/mol. The Bertz CT molecular complexity index is 1100. The average molecular weight is 371 g/mol. The fourth-order valence-corrected chi connectivity index (χ4v) is 3.04. The lowest BCUT2D eigenvalue weighted by Gasteiger charge is -2.19. The minimum atomic E-state index is -0.496. The number of phenolic OH excluding ortho intramolecular Hbond substituents is 1. The summed E-state index contributed by atoms with van der Waals surface area (Å²) in [5.74, 6) is -0.356. The third-order valence-corrected chi connectivity index (χ3v) is 4.47. The molecule has 0 heterocycles. The number of fused-ring (bicyclic) bond motifs is 1. The number of aryl methyl sites for hydroxylation is 1. The van der Waals surface area contributed by atoms with Gasteiger partial charge in [-0.25, -0.2) is 0 Å². The average Bonchev–Trinajstić information content (AvgIpc) is 2.69. The molecule has 0 aliphatic carbocycles. The molecule has 3 aromatic rings. The summed E-state index contributed by atoms with van der Waals surface area (Å²) in [5, 5.41) is 23.7. The molecule has 28 heavy (non-hydrogen) atoms. The van der Waals surface area contributed by atoms with Crippen LogP contribution >= 0.6 is 0 Å². The first-order valence-electron chi connectivity index (χ1n) is 9.00. The zero-order valence-corrected chi connectivity index (χ0v) is 15.8. The first-order chi connectivity index (χ1) is 13.5. The maximum Gasteiger partial charge on any atom is 0.267 e. The van der Waals surface area contributed by atoms with E-state index in [1.807, 2.05) is 55.1 Å². The molecule has 140 valence electrons. The Kier molecular flexibility index (Phi) is 5.61. The van der Waals surface area contributed by atoms with Crippen LogP contribution in [0.4, 0.5) is 11.4 Å². The van der Waals surface area contributed by atoms with Gasteiger partial charge in [-0.15, -0.1) is 0 Å². The number of amides is 1. The quantitative estimate of drug-likeness (QED) is 0.502. The van der Waals surface area contributed by atoms with Crippen molar-refractivity contribution in [2.24, 2.45) is 0 Å². The molecule has 0 aromatic heterocycles. The highest BCUT2D eigenvalue weighted by atomic mass is 16.3. The van der Waals surface area contributed by atoms with Crippen molar-refractivity contribution in [3.63, 3.8) is 0 Å². The second kappa shape index (κ2) is 8.28. The predicted octanol–water partition coefficient (Wildman–Crippen LogP) is 4.73. The van der Waals surface area contributed by atoms with Gasteiger partial charge in [-0.1, -0.05) is 36.4 Å². The van der Waals surface area contributed by atoms with Crippen LogP contribution in [0.25, 0.3) is 10.8 Å². The van der Waals surface area contributed by atoms with Crippen molar-refractivity contribution in [1.29, 1.82) is 5.26 Å². The van der Waals surface area contributed by atoms with Gasteiger partial charge in [0.1, 0.15) is 17.4 Å². The third-order valence-electron chi connectivity index (χ3n) is 4.47. The largest absolute Gasteiger partial charge is 0.507 e. The fraction of sp³-hybridized carbons (Fsp3) is 0.130. The number of carbonyl (C=O) groups is 1. The molecule has 0 bridgehead atoms. The van der Waals surface area contributed by atoms with E-state index >= 15 is 0 Å². The van der Waals surface area contributed by atoms with Gasteiger partial charge in [0, 0.05) is 34.9 Å². The lowest BCUT2D eigenvalue weighted by molar-refractivity contribution is -0.112. The van der Waals surface area contributed by atoms with Gasteiger partial charge in [-0.3, -0.25) is 4.79 Å². The number of carbonyl (C=O) groups excluding carboxylic acids is 1. The second-order valence-corrected chi connectivity index (χ2v) is 6.41. The van der Waals surface area contributed by atoms with Crippen molar-refractivity contribution in [3.8, 4) is 11.8 Å². The number of phenols is 1. The fourth-order valence-electron chi connectivity index (χ4n) is 3.04. The maximum atomic E-state index is 12.7. The minimum absolute atomic E-state index is 0.000474. The molecule has 0 fully saturated rings. The summed E-state index contributed by atoms with van der Waals surface area (Å²) in [6.07, 6.45) is 1.56. The van der Waals surface area contributed by atoms with Crippen molar-refractivity contribution in [1.82, 2.24) is 0 Å². The lowest BCUT2D eigenvalue weighted by Crippen LogP contribution is -2.20. The summed E-state index contributed by atoms with van der Waals surface area (Å²) < 4.78 is 0. The van der Waals surface area contributed by atoms with Crippen molar-refractivity contribution >= 4 is 28.1 Å². The smallest absolute Gasteiger partial charge is 0.267 e. The number of anilines is 2. The van der Waals surface area contributed by atoms with E-state index in [4.69, 9.17) is 0 Å². The van der Waals surface area contributed by atoms with Crippen LogP contribution in [-0.2, 0) is 4.79 Å². The van der Waals surface area contributed by atoms with Crippen molar-refractivity contribution < 1.29 is 9.90 Å². The molecule has 3 aromatic carbocycles. The van der Waals surface area contributed by atoms with E-state index < -0.39 is 5.91 Å². The molecule has 0 aliphatic heterocycles. The second-order valence-electron chi connectivity index (χ2n) is 6.41. The van der Waals surface area contributed by atoms with E-state index in [1.165, 1.54) is 0 Å². The Hall–Kier alpha value is -3.78. The van der Waals surface area contributed by atoms with Crippen LogP contribution in [0.3, 0.4) is 0 Å². The molecule has 1 amide bonds. The molecule has 0 unspecified atom stereocenters. The zero-order valence-electron chi connectivity index (χ0n) is 15.8. The summed E-state index contributed by atoms with van der Waals surface area (Å²) in [7, 11) is 0. The van der Waals surface area contributed by atoms with E-state index in [0.29, 0.717) is 23.0 Å². The van der Waals surface area contributed by atoms with E-state index in [9.17, 15) is 15.2 Å². The van der Waals surface area contributed by atoms with E-state index in [1.54, 1.807) is 36.5 Å². The van der Waals surface area contributed by atoms with Crippen molar-refractivity contribution in [2.75, 3.05) is 16.8 Å². The van der Waals surface area contributed by atoms with Crippen LogP contribution in [0.5, 0.6) is 5.75 Å². The van der Waals surface area contributed by atoms with Gasteiger partial charge < -0.3 is 15.3 Å². The number of benzene rings is 3. The Balaban J connectivity index is 1.91. The van der Waals surface area contributed by atoms with Crippen LogP contribution in [0, 0.1) is 18.3 Å². The molecule has 2 N–H and O–H groups in total. The van der Waals surface area contributed by atoms with Gasteiger partial charge in [0.05, 0.1) is 0 Å². The topological polar surface area (TPSA) is 76.4 Å². The molecule has 0 saturated carbocycles. The van der Waals surface area contributed by atoms with E-state index in [2.05, 4.69) is 5.32 Å². The van der Waals surface area contributed by atoms with E-state index in [-0.39, 0.29) is 11.3 Å². The number of nitriles is 1. The molecule has 0 atom stereocenters. The summed E-state index contributed by atoms with van der Waals surface area (Å²) in [5.41, 5.74) is 2.56. The number of nitrogens with zero attached hydrogens (tertiary/aromatic N) is 2. The maximum absolute atomic E-state index is 12.7. The highest BCUT2D eigenvalue weighted by Crippen LogP contribution is 2.30. The lowest BCUT2D eigenvalue weighted by atomic mass is 10.1. The Labute approximate surface area is 164 Å². The van der Waals surface area contributed by atoms with Crippen LogP contribution in [0.2, 0.25) is 0 Å². The van der Waals surface area contributed by atoms with Gasteiger partial charge in [0.2, 0.25) is 0 Å². The van der Waals surface area contributed by atoms with Crippen LogP contribution < -0.4 is 10.2 Å². The van der Waals surface area contributed by atoms with Crippen LogP contribution in [0.1, 0.15) is 12.5 Å². The highest BCUT2D eigenvalue weighted by molar-refractivity contribution is 6.11. The summed E-state index contributed by atoms with van der Waals surface area (Å²) in [4.78, 5) is 14.6. The number of hydrogen-bond acceptors (Lipinski definition) is 4. The van der Waals surface area contributed by atoms with Gasteiger partial charge in [0.15, 0.2) is 0 Å². The number of rotatable bonds is 5. The summed E-state index contributed by atoms with van der Waals surface area (Å²) in [6.45, 7) is 4.57.